The number of likely N-dealkylation sites (tertiary alicyclic amines) is 1. The molecule has 1 fully saturated rings. The zero-order valence-corrected chi connectivity index (χ0v) is 17.3. The lowest BCUT2D eigenvalue weighted by Crippen LogP contribution is -2.38. The number of benzene rings is 2. The standard InChI is InChI=1S/C24H22N2O3S/c27-24(22-18(12-15-28-22)16-30-19-6-2-1-3-7-19)26-13-10-17(11-14-26)23-25-20-8-4-5-9-21(20)29-23/h1-9,12,15,17H,10-11,13-14,16H2. The summed E-state index contributed by atoms with van der Waals surface area (Å²) >= 11 is 1.70. The smallest absolute Gasteiger partial charge is 0.289 e. The van der Waals surface area contributed by atoms with Gasteiger partial charge in [-0.3, -0.25) is 4.79 Å². The number of piperidine rings is 1. The van der Waals surface area contributed by atoms with Crippen molar-refractivity contribution in [3.8, 4) is 0 Å². The van der Waals surface area contributed by atoms with E-state index in [9.17, 15) is 4.79 Å². The van der Waals surface area contributed by atoms with E-state index in [-0.39, 0.29) is 11.8 Å². The summed E-state index contributed by atoms with van der Waals surface area (Å²) < 4.78 is 11.5. The molecule has 0 aliphatic carbocycles. The van der Waals surface area contributed by atoms with Crippen LogP contribution in [0, 0.1) is 0 Å². The van der Waals surface area contributed by atoms with E-state index in [1.54, 1.807) is 18.0 Å². The minimum Gasteiger partial charge on any atom is -0.459 e. The van der Waals surface area contributed by atoms with E-state index in [2.05, 4.69) is 17.1 Å². The Hall–Kier alpha value is -2.99. The number of thioether (sulfide) groups is 1. The van der Waals surface area contributed by atoms with Gasteiger partial charge < -0.3 is 13.7 Å². The van der Waals surface area contributed by atoms with Crippen LogP contribution in [0.1, 0.15) is 40.8 Å². The third-order valence-electron chi connectivity index (χ3n) is 5.52. The summed E-state index contributed by atoms with van der Waals surface area (Å²) in [5.74, 6) is 2.16. The van der Waals surface area contributed by atoms with Gasteiger partial charge in [-0.1, -0.05) is 30.3 Å². The highest BCUT2D eigenvalue weighted by Crippen LogP contribution is 2.31. The molecule has 5 nitrogen and oxygen atoms in total. The molecule has 30 heavy (non-hydrogen) atoms. The zero-order valence-electron chi connectivity index (χ0n) is 16.5. The van der Waals surface area contributed by atoms with Crippen LogP contribution in [0.15, 0.2) is 80.7 Å². The van der Waals surface area contributed by atoms with Crippen LogP contribution in [-0.4, -0.2) is 28.9 Å². The Morgan fingerprint density at radius 3 is 2.60 bits per heavy atom. The summed E-state index contributed by atoms with van der Waals surface area (Å²) in [4.78, 5) is 20.8. The minimum atomic E-state index is -0.0281. The van der Waals surface area contributed by atoms with Gasteiger partial charge in [0.25, 0.3) is 5.91 Å². The molecule has 6 heteroatoms. The summed E-state index contributed by atoms with van der Waals surface area (Å²) in [6.07, 6.45) is 3.29. The van der Waals surface area contributed by atoms with Gasteiger partial charge in [0, 0.05) is 35.2 Å². The van der Waals surface area contributed by atoms with Crippen molar-refractivity contribution in [2.75, 3.05) is 13.1 Å². The Bertz CT molecular complexity index is 1110. The molecule has 1 saturated heterocycles. The molecule has 2 aromatic carbocycles. The van der Waals surface area contributed by atoms with Crippen molar-refractivity contribution in [1.29, 1.82) is 0 Å². The topological polar surface area (TPSA) is 59.5 Å². The Kier molecular flexibility index (Phi) is 5.32. The average Bonchev–Trinajstić information content (AvgIpc) is 3.45. The van der Waals surface area contributed by atoms with Gasteiger partial charge in [0.05, 0.1) is 6.26 Å². The Labute approximate surface area is 179 Å². The van der Waals surface area contributed by atoms with Crippen molar-refractivity contribution in [2.45, 2.75) is 29.4 Å². The first kappa shape index (κ1) is 19.0. The van der Waals surface area contributed by atoms with Crippen molar-refractivity contribution >= 4 is 28.8 Å². The normalized spacial score (nSPS) is 15.0. The second kappa shape index (κ2) is 8.40. The predicted molar refractivity (Wildman–Crippen MR) is 117 cm³/mol. The minimum absolute atomic E-state index is 0.0281. The molecule has 0 atom stereocenters. The molecule has 0 saturated carbocycles. The van der Waals surface area contributed by atoms with Crippen LogP contribution in [-0.2, 0) is 5.75 Å². The van der Waals surface area contributed by atoms with Gasteiger partial charge in [0.15, 0.2) is 17.2 Å². The number of furan rings is 1. The molecule has 3 heterocycles. The third kappa shape index (κ3) is 3.87. The molecule has 152 valence electrons. The van der Waals surface area contributed by atoms with Crippen molar-refractivity contribution in [1.82, 2.24) is 9.88 Å². The van der Waals surface area contributed by atoms with Crippen molar-refractivity contribution < 1.29 is 13.6 Å². The highest BCUT2D eigenvalue weighted by molar-refractivity contribution is 7.98. The number of para-hydroxylation sites is 2. The first-order chi connectivity index (χ1) is 14.8. The van der Waals surface area contributed by atoms with Crippen LogP contribution in [0.3, 0.4) is 0 Å². The fraction of sp³-hybridized carbons (Fsp3) is 0.250. The first-order valence-electron chi connectivity index (χ1n) is 10.2. The van der Waals surface area contributed by atoms with Gasteiger partial charge in [-0.15, -0.1) is 11.8 Å². The van der Waals surface area contributed by atoms with Crippen molar-refractivity contribution in [3.05, 3.63) is 84.1 Å². The molecule has 1 aliphatic rings. The SMILES string of the molecule is O=C(c1occc1CSc1ccccc1)N1CCC(c2nc3ccccc3o2)CC1. The fourth-order valence-corrected chi connectivity index (χ4v) is 4.75. The molecular formula is C24H22N2O3S. The molecule has 4 aromatic rings. The largest absolute Gasteiger partial charge is 0.459 e. The Balaban J connectivity index is 1.22. The lowest BCUT2D eigenvalue weighted by molar-refractivity contribution is 0.0673. The van der Waals surface area contributed by atoms with E-state index in [4.69, 9.17) is 8.83 Å². The molecule has 1 amide bonds. The molecule has 0 N–H and O–H groups in total. The maximum absolute atomic E-state index is 13.1. The summed E-state index contributed by atoms with van der Waals surface area (Å²) in [7, 11) is 0. The lowest BCUT2D eigenvalue weighted by Gasteiger charge is -2.30. The lowest BCUT2D eigenvalue weighted by atomic mass is 9.96. The number of rotatable bonds is 5. The van der Waals surface area contributed by atoms with Crippen LogP contribution in [0.5, 0.6) is 0 Å². The number of hydrogen-bond acceptors (Lipinski definition) is 5. The van der Waals surface area contributed by atoms with Gasteiger partial charge in [0.1, 0.15) is 5.52 Å². The monoisotopic (exact) mass is 418 g/mol. The number of amides is 1. The van der Waals surface area contributed by atoms with E-state index in [1.165, 1.54) is 4.90 Å². The average molecular weight is 419 g/mol. The number of oxazole rings is 1. The molecule has 0 unspecified atom stereocenters. The van der Waals surface area contributed by atoms with Gasteiger partial charge in [-0.25, -0.2) is 4.98 Å². The van der Waals surface area contributed by atoms with Crippen molar-refractivity contribution in [2.24, 2.45) is 0 Å². The number of hydrogen-bond donors (Lipinski definition) is 0. The molecule has 0 bridgehead atoms. The summed E-state index contributed by atoms with van der Waals surface area (Å²) in [5, 5.41) is 0. The van der Waals surface area contributed by atoms with Crippen LogP contribution < -0.4 is 0 Å². The zero-order chi connectivity index (χ0) is 20.3. The highest BCUT2D eigenvalue weighted by Gasteiger charge is 2.29. The quantitative estimate of drug-likeness (QED) is 0.387. The number of carbonyl (C=O) groups is 1. The highest BCUT2D eigenvalue weighted by atomic mass is 32.2. The number of fused-ring (bicyclic) bond motifs is 1. The number of aromatic nitrogens is 1. The molecule has 1 aliphatic heterocycles. The third-order valence-corrected chi connectivity index (χ3v) is 6.58. The van der Waals surface area contributed by atoms with Gasteiger partial charge in [-0.05, 0) is 43.2 Å². The molecule has 2 aromatic heterocycles. The second-order valence-electron chi connectivity index (χ2n) is 7.46. The maximum Gasteiger partial charge on any atom is 0.289 e. The summed E-state index contributed by atoms with van der Waals surface area (Å²) in [5.41, 5.74) is 2.65. The second-order valence-corrected chi connectivity index (χ2v) is 8.51. The Morgan fingerprint density at radius 1 is 1.03 bits per heavy atom. The maximum atomic E-state index is 13.1. The van der Waals surface area contributed by atoms with E-state index >= 15 is 0 Å². The van der Waals surface area contributed by atoms with Crippen LogP contribution in [0.25, 0.3) is 11.1 Å². The summed E-state index contributed by atoms with van der Waals surface area (Å²) in [6.45, 7) is 1.35. The van der Waals surface area contributed by atoms with E-state index in [1.807, 2.05) is 53.4 Å². The van der Waals surface area contributed by atoms with Crippen LogP contribution >= 0.6 is 11.8 Å². The van der Waals surface area contributed by atoms with Gasteiger partial charge in [0.2, 0.25) is 0 Å². The predicted octanol–water partition coefficient (Wildman–Crippen LogP) is 5.73. The van der Waals surface area contributed by atoms with E-state index in [0.717, 1.165) is 35.4 Å². The van der Waals surface area contributed by atoms with E-state index in [0.29, 0.717) is 24.6 Å². The first-order valence-corrected chi connectivity index (χ1v) is 11.2. The molecule has 5 rings (SSSR count). The van der Waals surface area contributed by atoms with Crippen LogP contribution in [0.4, 0.5) is 0 Å². The molecule has 0 spiro atoms. The molecular weight excluding hydrogens is 396 g/mol. The number of carbonyl (C=O) groups excluding carboxylic acids is 1. The number of nitrogens with zero attached hydrogens (tertiary/aromatic N) is 2. The van der Waals surface area contributed by atoms with Gasteiger partial charge >= 0.3 is 0 Å². The van der Waals surface area contributed by atoms with Crippen molar-refractivity contribution in [3.63, 3.8) is 0 Å². The van der Waals surface area contributed by atoms with E-state index < -0.39 is 0 Å². The van der Waals surface area contributed by atoms with Gasteiger partial charge in [-0.2, -0.15) is 0 Å². The summed E-state index contributed by atoms with van der Waals surface area (Å²) in [6, 6.07) is 19.9. The fourth-order valence-electron chi connectivity index (χ4n) is 3.85. The Morgan fingerprint density at radius 2 is 1.80 bits per heavy atom. The van der Waals surface area contributed by atoms with Crippen LogP contribution in [0.2, 0.25) is 0 Å². The molecule has 0 radical (unpaired) electrons.